The van der Waals surface area contributed by atoms with Gasteiger partial charge in [0, 0.05) is 24.2 Å². The minimum absolute atomic E-state index is 0.0242. The fourth-order valence-corrected chi connectivity index (χ4v) is 4.97. The molecule has 5 aromatic rings. The van der Waals surface area contributed by atoms with Crippen LogP contribution < -0.4 is 4.74 Å². The van der Waals surface area contributed by atoms with E-state index >= 15 is 8.78 Å². The monoisotopic (exact) mass is 620 g/mol. The second-order valence-electron chi connectivity index (χ2n) is 10.3. The highest BCUT2D eigenvalue weighted by molar-refractivity contribution is 5.92. The molecule has 8 nitrogen and oxygen atoms in total. The number of hydrogen-bond acceptors (Lipinski definition) is 6. The van der Waals surface area contributed by atoms with Crippen LogP contribution in [0.2, 0.25) is 0 Å². The Kier molecular flexibility index (Phi) is 7.90. The summed E-state index contributed by atoms with van der Waals surface area (Å²) in [6, 6.07) is 11.4. The maximum atomic E-state index is 15.5. The number of pyridine rings is 1. The molecule has 0 unspecified atom stereocenters. The lowest BCUT2D eigenvalue weighted by atomic mass is 10.0. The molecular weight excluding hydrogens is 599 g/mol. The number of fused-ring (bicyclic) bond motifs is 1. The SMILES string of the molecule is N#Cc1ccc(COc2nc(-c3cc(F)c(Cc4nc5c(F)cc(C(=O)O)cc5n4C[C@@H]4CCO4)cc3F)ccc2F)c(F)c1. The zero-order chi connectivity index (χ0) is 31.8. The molecule has 13 heteroatoms. The van der Waals surface area contributed by atoms with Gasteiger partial charge in [0.15, 0.2) is 11.6 Å². The van der Waals surface area contributed by atoms with E-state index in [2.05, 4.69) is 9.97 Å². The summed E-state index contributed by atoms with van der Waals surface area (Å²) in [4.78, 5) is 19.8. The number of nitriles is 1. The van der Waals surface area contributed by atoms with Crippen molar-refractivity contribution in [3.63, 3.8) is 0 Å². The van der Waals surface area contributed by atoms with Gasteiger partial charge in [0.25, 0.3) is 5.88 Å². The van der Waals surface area contributed by atoms with Gasteiger partial charge >= 0.3 is 5.97 Å². The molecule has 45 heavy (non-hydrogen) atoms. The van der Waals surface area contributed by atoms with Crippen LogP contribution in [-0.4, -0.2) is 38.3 Å². The van der Waals surface area contributed by atoms with Gasteiger partial charge in [-0.2, -0.15) is 5.26 Å². The highest BCUT2D eigenvalue weighted by Gasteiger charge is 2.25. The van der Waals surface area contributed by atoms with Crippen LogP contribution in [0.15, 0.2) is 54.6 Å². The number of carboxylic acid groups (broad SMARTS) is 1. The Bertz CT molecular complexity index is 2020. The number of carboxylic acids is 1. The molecule has 0 saturated carbocycles. The number of ether oxygens (including phenoxy) is 2. The standard InChI is InChI=1S/C32H21F5N4O4/c33-22-3-4-27(39-31(22)45-15-17-2-1-16(13-38)7-23(17)34)21-12-24(35)18(8-25(21)36)11-29-40-30-26(37)9-19(32(42)43)10-28(30)41(29)14-20-5-6-44-20/h1-4,7-10,12,20H,5-6,11,14-15H2,(H,42,43)/t20-/m0/s1. The third-order valence-corrected chi connectivity index (χ3v) is 7.43. The number of nitrogens with zero attached hydrogens (tertiary/aromatic N) is 4. The van der Waals surface area contributed by atoms with E-state index in [0.29, 0.717) is 13.0 Å². The molecule has 2 aromatic heterocycles. The molecule has 228 valence electrons. The van der Waals surface area contributed by atoms with Gasteiger partial charge in [-0.3, -0.25) is 0 Å². The molecule has 1 aliphatic heterocycles. The first-order chi connectivity index (χ1) is 21.6. The van der Waals surface area contributed by atoms with E-state index in [4.69, 9.17) is 14.7 Å². The molecule has 1 fully saturated rings. The van der Waals surface area contributed by atoms with E-state index in [-0.39, 0.29) is 69.4 Å². The Hall–Kier alpha value is -5.35. The highest BCUT2D eigenvalue weighted by atomic mass is 19.1. The molecule has 0 radical (unpaired) electrons. The predicted molar refractivity (Wildman–Crippen MR) is 149 cm³/mol. The van der Waals surface area contributed by atoms with Crippen molar-refractivity contribution in [2.24, 2.45) is 0 Å². The summed E-state index contributed by atoms with van der Waals surface area (Å²) in [5, 5.41) is 18.3. The van der Waals surface area contributed by atoms with Crippen molar-refractivity contribution in [1.29, 1.82) is 5.26 Å². The van der Waals surface area contributed by atoms with E-state index < -0.39 is 47.5 Å². The van der Waals surface area contributed by atoms with Crippen LogP contribution in [0.3, 0.4) is 0 Å². The zero-order valence-corrected chi connectivity index (χ0v) is 23.2. The molecule has 0 bridgehead atoms. The van der Waals surface area contributed by atoms with Crippen LogP contribution in [-0.2, 0) is 24.3 Å². The third kappa shape index (κ3) is 5.92. The summed E-state index contributed by atoms with van der Waals surface area (Å²) in [6.45, 7) is 0.284. The van der Waals surface area contributed by atoms with Crippen LogP contribution in [0, 0.1) is 40.4 Å². The van der Waals surface area contributed by atoms with Crippen molar-refractivity contribution in [3.8, 4) is 23.2 Å². The second kappa shape index (κ2) is 12.0. The number of benzene rings is 3. The fourth-order valence-electron chi connectivity index (χ4n) is 4.97. The van der Waals surface area contributed by atoms with Gasteiger partial charge in [-0.15, -0.1) is 0 Å². The predicted octanol–water partition coefficient (Wildman–Crippen LogP) is 6.32. The van der Waals surface area contributed by atoms with Crippen molar-refractivity contribution in [1.82, 2.24) is 14.5 Å². The van der Waals surface area contributed by atoms with Crippen molar-refractivity contribution in [3.05, 3.63) is 112 Å². The van der Waals surface area contributed by atoms with Crippen molar-refractivity contribution in [2.75, 3.05) is 6.61 Å². The Morgan fingerprint density at radius 3 is 2.42 bits per heavy atom. The molecule has 3 heterocycles. The molecule has 6 rings (SSSR count). The number of imidazole rings is 1. The van der Waals surface area contributed by atoms with Crippen molar-refractivity contribution >= 4 is 17.0 Å². The largest absolute Gasteiger partial charge is 0.478 e. The topological polar surface area (TPSA) is 110 Å². The average molecular weight is 621 g/mol. The molecule has 0 aliphatic carbocycles. The molecule has 1 N–H and O–H groups in total. The fraction of sp³-hybridized carbons (Fsp3) is 0.188. The van der Waals surface area contributed by atoms with E-state index in [1.807, 2.05) is 0 Å². The molecule has 0 spiro atoms. The van der Waals surface area contributed by atoms with Crippen LogP contribution in [0.5, 0.6) is 5.88 Å². The lowest BCUT2D eigenvalue weighted by Crippen LogP contribution is -2.31. The lowest BCUT2D eigenvalue weighted by molar-refractivity contribution is -0.0589. The Morgan fingerprint density at radius 1 is 0.956 bits per heavy atom. The third-order valence-electron chi connectivity index (χ3n) is 7.43. The van der Waals surface area contributed by atoms with Crippen LogP contribution >= 0.6 is 0 Å². The minimum Gasteiger partial charge on any atom is -0.478 e. The quantitative estimate of drug-likeness (QED) is 0.192. The van der Waals surface area contributed by atoms with E-state index in [0.717, 1.165) is 36.4 Å². The smallest absolute Gasteiger partial charge is 0.335 e. The van der Waals surface area contributed by atoms with Crippen LogP contribution in [0.4, 0.5) is 22.0 Å². The Balaban J connectivity index is 1.30. The Morgan fingerprint density at radius 2 is 1.73 bits per heavy atom. The number of halogens is 5. The van der Waals surface area contributed by atoms with Gasteiger partial charge in [-0.05, 0) is 60.5 Å². The summed E-state index contributed by atoms with van der Waals surface area (Å²) >= 11 is 0. The summed E-state index contributed by atoms with van der Waals surface area (Å²) in [5.41, 5.74) is -0.706. The number of hydrogen-bond donors (Lipinski definition) is 1. The van der Waals surface area contributed by atoms with Crippen LogP contribution in [0.1, 0.15) is 39.3 Å². The summed E-state index contributed by atoms with van der Waals surface area (Å²) < 4.78 is 86.8. The van der Waals surface area contributed by atoms with Crippen molar-refractivity contribution < 1.29 is 41.3 Å². The van der Waals surface area contributed by atoms with E-state index in [1.165, 1.54) is 18.2 Å². The first kappa shape index (κ1) is 29.7. The summed E-state index contributed by atoms with van der Waals surface area (Å²) in [7, 11) is 0. The molecule has 0 amide bonds. The number of carbonyl (C=O) groups is 1. The highest BCUT2D eigenvalue weighted by Crippen LogP contribution is 2.30. The van der Waals surface area contributed by atoms with Gasteiger partial charge in [0.2, 0.25) is 0 Å². The van der Waals surface area contributed by atoms with Gasteiger partial charge in [0.05, 0.1) is 41.1 Å². The summed E-state index contributed by atoms with van der Waals surface area (Å²) in [5.74, 6) is -6.04. The maximum Gasteiger partial charge on any atom is 0.335 e. The Labute approximate surface area is 251 Å². The molecule has 1 aliphatic rings. The van der Waals surface area contributed by atoms with Crippen molar-refractivity contribution in [2.45, 2.75) is 32.1 Å². The number of rotatable bonds is 9. The van der Waals surface area contributed by atoms with Gasteiger partial charge in [0.1, 0.15) is 35.4 Å². The first-order valence-electron chi connectivity index (χ1n) is 13.6. The number of aromatic nitrogens is 3. The zero-order valence-electron chi connectivity index (χ0n) is 23.2. The average Bonchev–Trinajstić information content (AvgIpc) is 3.33. The molecular formula is C32H21F5N4O4. The van der Waals surface area contributed by atoms with E-state index in [1.54, 1.807) is 10.6 Å². The normalized spacial score (nSPS) is 14.3. The van der Waals surface area contributed by atoms with Gasteiger partial charge in [-0.25, -0.2) is 36.7 Å². The molecule has 1 saturated heterocycles. The lowest BCUT2D eigenvalue weighted by Gasteiger charge is -2.27. The molecule has 3 aromatic carbocycles. The molecule has 1 atom stereocenters. The van der Waals surface area contributed by atoms with Gasteiger partial charge in [-0.1, -0.05) is 6.07 Å². The maximum absolute atomic E-state index is 15.5. The summed E-state index contributed by atoms with van der Waals surface area (Å²) in [6.07, 6.45) is 0.195. The van der Waals surface area contributed by atoms with E-state index in [9.17, 15) is 23.1 Å². The van der Waals surface area contributed by atoms with Gasteiger partial charge < -0.3 is 19.1 Å². The minimum atomic E-state index is -1.34. The first-order valence-corrected chi connectivity index (χ1v) is 13.6. The van der Waals surface area contributed by atoms with Crippen LogP contribution in [0.25, 0.3) is 22.3 Å². The number of aromatic carboxylic acids is 1. The second-order valence-corrected chi connectivity index (χ2v) is 10.3.